The van der Waals surface area contributed by atoms with Crippen molar-refractivity contribution in [2.75, 3.05) is 0 Å². The number of unbranched alkanes of at least 4 members (excludes halogenated alkanes) is 2. The van der Waals surface area contributed by atoms with Crippen LogP contribution in [0.2, 0.25) is 0 Å². The Morgan fingerprint density at radius 3 is 1.88 bits per heavy atom. The molecule has 1 aromatic rings. The van der Waals surface area contributed by atoms with Crippen molar-refractivity contribution in [3.05, 3.63) is 35.9 Å². The van der Waals surface area contributed by atoms with Crippen LogP contribution in [0.15, 0.2) is 30.3 Å². The van der Waals surface area contributed by atoms with Crippen LogP contribution in [0.4, 0.5) is 0 Å². The van der Waals surface area contributed by atoms with Gasteiger partial charge in [0.25, 0.3) is 0 Å². The Hall–Kier alpha value is -1.97. The van der Waals surface area contributed by atoms with E-state index >= 15 is 0 Å². The number of aromatic carboxylic acids is 1. The molecule has 0 aromatic heterocycles. The van der Waals surface area contributed by atoms with E-state index in [1.54, 1.807) is 30.3 Å². The Morgan fingerprint density at radius 1 is 1.06 bits per heavy atom. The number of hydrogen-bond donors (Lipinski definition) is 1. The molecule has 1 aromatic carbocycles. The number of hydrogen-bond acceptors (Lipinski definition) is 3. The number of carboxylic acid groups (broad SMARTS) is 1. The van der Waals surface area contributed by atoms with Crippen molar-refractivity contribution in [1.29, 1.82) is 0 Å². The average Bonchev–Trinajstić information content (AvgIpc) is 2.32. The molecule has 0 radical (unpaired) electrons. The highest BCUT2D eigenvalue weighted by Crippen LogP contribution is 1.96. The number of carbonyl (C=O) groups excluding carboxylic acids is 2. The van der Waals surface area contributed by atoms with E-state index in [1.807, 2.05) is 0 Å². The van der Waals surface area contributed by atoms with Gasteiger partial charge in [0.2, 0.25) is 0 Å². The molecular formula is C12H14O4. The first-order valence-corrected chi connectivity index (χ1v) is 4.88. The van der Waals surface area contributed by atoms with Gasteiger partial charge < -0.3 is 14.7 Å². The van der Waals surface area contributed by atoms with Crippen LogP contribution < -0.4 is 0 Å². The zero-order valence-corrected chi connectivity index (χ0v) is 8.83. The predicted molar refractivity (Wildman–Crippen MR) is 59.4 cm³/mol. The van der Waals surface area contributed by atoms with Gasteiger partial charge in [-0.2, -0.15) is 0 Å². The SMILES string of the molecule is O=C(O)c1ccccc1.O=CCCCC=O. The van der Waals surface area contributed by atoms with Crippen molar-refractivity contribution >= 4 is 18.5 Å². The van der Waals surface area contributed by atoms with Gasteiger partial charge in [-0.3, -0.25) is 0 Å². The second-order valence-corrected chi connectivity index (χ2v) is 2.94. The van der Waals surface area contributed by atoms with Gasteiger partial charge in [-0.1, -0.05) is 18.2 Å². The van der Waals surface area contributed by atoms with Crippen molar-refractivity contribution in [2.24, 2.45) is 0 Å². The number of carboxylic acids is 1. The van der Waals surface area contributed by atoms with E-state index in [9.17, 15) is 14.4 Å². The number of aldehydes is 2. The molecule has 4 nitrogen and oxygen atoms in total. The van der Waals surface area contributed by atoms with E-state index in [-0.39, 0.29) is 0 Å². The minimum absolute atomic E-state index is 0.331. The van der Waals surface area contributed by atoms with Gasteiger partial charge >= 0.3 is 5.97 Å². The summed E-state index contributed by atoms with van der Waals surface area (Å²) in [5, 5.41) is 8.38. The van der Waals surface area contributed by atoms with Crippen molar-refractivity contribution in [3.63, 3.8) is 0 Å². The molecule has 86 valence electrons. The van der Waals surface area contributed by atoms with Crippen LogP contribution in [0.5, 0.6) is 0 Å². The van der Waals surface area contributed by atoms with Gasteiger partial charge in [0.05, 0.1) is 5.56 Å². The van der Waals surface area contributed by atoms with E-state index in [0.717, 1.165) is 12.6 Å². The molecule has 0 amide bonds. The molecule has 1 N–H and O–H groups in total. The highest BCUT2D eigenvalue weighted by Gasteiger charge is 1.96. The monoisotopic (exact) mass is 222 g/mol. The molecule has 0 fully saturated rings. The summed E-state index contributed by atoms with van der Waals surface area (Å²) in [5.41, 5.74) is 0.331. The molecule has 0 heterocycles. The normalized spacial score (nSPS) is 8.50. The van der Waals surface area contributed by atoms with Crippen LogP contribution in [0.25, 0.3) is 0 Å². The Labute approximate surface area is 93.9 Å². The lowest BCUT2D eigenvalue weighted by atomic mass is 10.2. The Bertz CT molecular complexity index is 311. The zero-order chi connectivity index (χ0) is 12.2. The van der Waals surface area contributed by atoms with Crippen LogP contribution in [0.1, 0.15) is 29.6 Å². The lowest BCUT2D eigenvalue weighted by Crippen LogP contribution is -1.93. The molecule has 0 saturated heterocycles. The van der Waals surface area contributed by atoms with E-state index in [1.165, 1.54) is 0 Å². The van der Waals surface area contributed by atoms with Gasteiger partial charge in [-0.05, 0) is 18.6 Å². The Morgan fingerprint density at radius 2 is 1.56 bits per heavy atom. The van der Waals surface area contributed by atoms with Gasteiger partial charge in [0.15, 0.2) is 0 Å². The first-order chi connectivity index (χ1) is 7.72. The van der Waals surface area contributed by atoms with Crippen molar-refractivity contribution in [2.45, 2.75) is 19.3 Å². The number of benzene rings is 1. The second-order valence-electron chi connectivity index (χ2n) is 2.94. The maximum absolute atomic E-state index is 10.2. The van der Waals surface area contributed by atoms with Crippen LogP contribution >= 0.6 is 0 Å². The van der Waals surface area contributed by atoms with Crippen molar-refractivity contribution in [3.8, 4) is 0 Å². The third-order valence-corrected chi connectivity index (χ3v) is 1.66. The van der Waals surface area contributed by atoms with Crippen LogP contribution in [-0.4, -0.2) is 23.6 Å². The molecule has 0 unspecified atom stereocenters. The third-order valence-electron chi connectivity index (χ3n) is 1.66. The summed E-state index contributed by atoms with van der Waals surface area (Å²) < 4.78 is 0. The molecule has 0 aliphatic carbocycles. The first kappa shape index (κ1) is 14.0. The highest BCUT2D eigenvalue weighted by molar-refractivity contribution is 5.87. The standard InChI is InChI=1S/C7H6O2.C5H8O2/c8-7(9)6-4-2-1-3-5-6;6-4-2-1-3-5-7/h1-5H,(H,8,9);4-5H,1-3H2. The van der Waals surface area contributed by atoms with Crippen LogP contribution in [-0.2, 0) is 9.59 Å². The fraction of sp³-hybridized carbons (Fsp3) is 0.250. The summed E-state index contributed by atoms with van der Waals surface area (Å²) in [4.78, 5) is 29.3. The van der Waals surface area contributed by atoms with Crippen LogP contribution in [0.3, 0.4) is 0 Å². The van der Waals surface area contributed by atoms with E-state index < -0.39 is 5.97 Å². The molecule has 0 spiro atoms. The topological polar surface area (TPSA) is 71.4 Å². The first-order valence-electron chi connectivity index (χ1n) is 4.88. The van der Waals surface area contributed by atoms with Gasteiger partial charge in [-0.15, -0.1) is 0 Å². The van der Waals surface area contributed by atoms with Gasteiger partial charge in [0, 0.05) is 12.8 Å². The van der Waals surface area contributed by atoms with Gasteiger partial charge in [0.1, 0.15) is 12.6 Å². The maximum atomic E-state index is 10.2. The molecule has 0 aliphatic heterocycles. The fourth-order valence-corrected chi connectivity index (χ4v) is 0.865. The van der Waals surface area contributed by atoms with Crippen molar-refractivity contribution < 1.29 is 19.5 Å². The molecule has 0 atom stereocenters. The summed E-state index contributed by atoms with van der Waals surface area (Å²) in [6, 6.07) is 8.30. The maximum Gasteiger partial charge on any atom is 0.335 e. The average molecular weight is 222 g/mol. The smallest absolute Gasteiger partial charge is 0.335 e. The summed E-state index contributed by atoms with van der Waals surface area (Å²) in [7, 11) is 0. The Balaban J connectivity index is 0.000000293. The molecule has 0 saturated carbocycles. The summed E-state index contributed by atoms with van der Waals surface area (Å²) in [6.45, 7) is 0. The van der Waals surface area contributed by atoms with Crippen molar-refractivity contribution in [1.82, 2.24) is 0 Å². The molecule has 0 aliphatic rings. The quantitative estimate of drug-likeness (QED) is 0.610. The predicted octanol–water partition coefficient (Wildman–Crippen LogP) is 1.94. The lowest BCUT2D eigenvalue weighted by Gasteiger charge is -1.88. The number of carbonyl (C=O) groups is 3. The van der Waals surface area contributed by atoms with E-state index in [2.05, 4.69) is 0 Å². The lowest BCUT2D eigenvalue weighted by molar-refractivity contribution is -0.108. The third kappa shape index (κ3) is 7.44. The fourth-order valence-electron chi connectivity index (χ4n) is 0.865. The van der Waals surface area contributed by atoms with E-state index in [0.29, 0.717) is 24.8 Å². The highest BCUT2D eigenvalue weighted by atomic mass is 16.4. The summed E-state index contributed by atoms with van der Waals surface area (Å²) >= 11 is 0. The summed E-state index contributed by atoms with van der Waals surface area (Å²) in [6.07, 6.45) is 3.37. The molecule has 1 rings (SSSR count). The molecule has 0 bridgehead atoms. The molecular weight excluding hydrogens is 208 g/mol. The minimum atomic E-state index is -0.879. The Kier molecular flexibility index (Phi) is 8.40. The van der Waals surface area contributed by atoms with Gasteiger partial charge in [-0.25, -0.2) is 4.79 Å². The minimum Gasteiger partial charge on any atom is -0.478 e. The molecule has 4 heteroatoms. The number of rotatable bonds is 5. The second kappa shape index (κ2) is 9.58. The van der Waals surface area contributed by atoms with Crippen LogP contribution in [0, 0.1) is 0 Å². The zero-order valence-electron chi connectivity index (χ0n) is 8.83. The van der Waals surface area contributed by atoms with E-state index in [4.69, 9.17) is 5.11 Å². The summed E-state index contributed by atoms with van der Waals surface area (Å²) in [5.74, 6) is -0.879. The molecule has 16 heavy (non-hydrogen) atoms. The largest absolute Gasteiger partial charge is 0.478 e.